The van der Waals surface area contributed by atoms with Gasteiger partial charge in [0.25, 0.3) is 0 Å². The zero-order valence-electron chi connectivity index (χ0n) is 11.4. The molecule has 2 N–H and O–H groups in total. The molecule has 6 heteroatoms. The molecule has 2 aromatic rings. The van der Waals surface area contributed by atoms with Crippen LogP contribution in [0.3, 0.4) is 0 Å². The quantitative estimate of drug-likeness (QED) is 0.914. The van der Waals surface area contributed by atoms with E-state index >= 15 is 0 Å². The molecule has 0 radical (unpaired) electrons. The summed E-state index contributed by atoms with van der Waals surface area (Å²) in [6.45, 7) is 2.35. The summed E-state index contributed by atoms with van der Waals surface area (Å²) in [6, 6.07) is 9.23. The zero-order valence-corrected chi connectivity index (χ0v) is 11.4. The molecule has 6 nitrogen and oxygen atoms in total. The Bertz CT molecular complexity index is 633. The topological polar surface area (TPSA) is 88.1 Å². The molecule has 0 aliphatic carbocycles. The van der Waals surface area contributed by atoms with Crippen molar-refractivity contribution in [3.05, 3.63) is 36.2 Å². The van der Waals surface area contributed by atoms with Crippen molar-refractivity contribution in [2.24, 2.45) is 0 Å². The van der Waals surface area contributed by atoms with Crippen LogP contribution in [-0.4, -0.2) is 23.6 Å². The summed E-state index contributed by atoms with van der Waals surface area (Å²) < 4.78 is 5.35. The van der Waals surface area contributed by atoms with Gasteiger partial charge in [0.05, 0.1) is 18.2 Å². The minimum Gasteiger partial charge on any atom is -0.476 e. The van der Waals surface area contributed by atoms with E-state index in [1.807, 2.05) is 31.0 Å². The van der Waals surface area contributed by atoms with E-state index in [1.54, 1.807) is 12.1 Å². The maximum absolute atomic E-state index is 8.80. The van der Waals surface area contributed by atoms with Crippen LogP contribution in [0.1, 0.15) is 12.5 Å². The number of nitrogens with two attached hydrogens (primary N) is 1. The number of ether oxygens (including phenoxy) is 1. The van der Waals surface area contributed by atoms with Crippen molar-refractivity contribution in [1.82, 2.24) is 9.97 Å². The molecule has 20 heavy (non-hydrogen) atoms. The second kappa shape index (κ2) is 5.89. The highest BCUT2D eigenvalue weighted by atomic mass is 16.5. The lowest BCUT2D eigenvalue weighted by Gasteiger charge is -2.20. The summed E-state index contributed by atoms with van der Waals surface area (Å²) in [6.07, 6.45) is 1.41. The number of nitrogen functional groups attached to an aromatic ring is 1. The summed E-state index contributed by atoms with van der Waals surface area (Å²) in [5, 5.41) is 8.80. The summed E-state index contributed by atoms with van der Waals surface area (Å²) in [4.78, 5) is 10.0. The SMILES string of the molecule is CCOc1ncnc(N(C)c2ccc(C#N)cc2)c1N. The van der Waals surface area contributed by atoms with Crippen molar-refractivity contribution < 1.29 is 4.74 Å². The van der Waals surface area contributed by atoms with Crippen molar-refractivity contribution in [2.45, 2.75) is 6.92 Å². The lowest BCUT2D eigenvalue weighted by molar-refractivity contribution is 0.328. The van der Waals surface area contributed by atoms with Gasteiger partial charge in [-0.15, -0.1) is 0 Å². The first-order chi connectivity index (χ1) is 9.67. The molecular formula is C14H15N5O. The molecule has 2 rings (SSSR count). The molecular weight excluding hydrogens is 254 g/mol. The first kappa shape index (κ1) is 13.6. The second-order valence-electron chi connectivity index (χ2n) is 4.07. The fraction of sp³-hybridized carbons (Fsp3) is 0.214. The molecule has 0 bridgehead atoms. The zero-order chi connectivity index (χ0) is 14.5. The number of hydrogen-bond donors (Lipinski definition) is 1. The predicted octanol–water partition coefficient (Wildman–Crippen LogP) is 2.10. The molecule has 0 saturated carbocycles. The van der Waals surface area contributed by atoms with Gasteiger partial charge in [0.15, 0.2) is 5.82 Å². The monoisotopic (exact) mass is 269 g/mol. The van der Waals surface area contributed by atoms with E-state index in [-0.39, 0.29) is 0 Å². The molecule has 0 aliphatic heterocycles. The van der Waals surface area contributed by atoms with Gasteiger partial charge in [-0.25, -0.2) is 4.98 Å². The normalized spacial score (nSPS) is 9.85. The highest BCUT2D eigenvalue weighted by molar-refractivity contribution is 5.73. The van der Waals surface area contributed by atoms with Gasteiger partial charge in [-0.05, 0) is 31.2 Å². The van der Waals surface area contributed by atoms with Gasteiger partial charge in [0, 0.05) is 12.7 Å². The molecule has 102 valence electrons. The molecule has 1 aromatic carbocycles. The van der Waals surface area contributed by atoms with Crippen LogP contribution < -0.4 is 15.4 Å². The Morgan fingerprint density at radius 1 is 1.30 bits per heavy atom. The summed E-state index contributed by atoms with van der Waals surface area (Å²) in [5.74, 6) is 0.936. The van der Waals surface area contributed by atoms with Crippen LogP contribution in [0.5, 0.6) is 5.88 Å². The minimum absolute atomic E-state index is 0.373. The molecule has 0 spiro atoms. The van der Waals surface area contributed by atoms with E-state index in [1.165, 1.54) is 6.33 Å². The van der Waals surface area contributed by atoms with Gasteiger partial charge < -0.3 is 15.4 Å². The van der Waals surface area contributed by atoms with Crippen LogP contribution in [0.25, 0.3) is 0 Å². The fourth-order valence-electron chi connectivity index (χ4n) is 1.77. The summed E-state index contributed by atoms with van der Waals surface area (Å²) >= 11 is 0. The molecule has 0 fully saturated rings. The van der Waals surface area contributed by atoms with Crippen molar-refractivity contribution in [1.29, 1.82) is 5.26 Å². The molecule has 1 aromatic heterocycles. The Labute approximate surface area is 117 Å². The lowest BCUT2D eigenvalue weighted by Crippen LogP contribution is -2.14. The van der Waals surface area contributed by atoms with Gasteiger partial charge in [0.1, 0.15) is 12.0 Å². The molecule has 0 aliphatic rings. The number of benzene rings is 1. The predicted molar refractivity (Wildman–Crippen MR) is 76.8 cm³/mol. The van der Waals surface area contributed by atoms with E-state index in [0.29, 0.717) is 29.6 Å². The molecule has 0 amide bonds. The number of nitrogens with zero attached hydrogens (tertiary/aromatic N) is 4. The first-order valence-electron chi connectivity index (χ1n) is 6.14. The Morgan fingerprint density at radius 3 is 2.60 bits per heavy atom. The third kappa shape index (κ3) is 2.62. The van der Waals surface area contributed by atoms with Crippen LogP contribution in [-0.2, 0) is 0 Å². The second-order valence-corrected chi connectivity index (χ2v) is 4.07. The Kier molecular flexibility index (Phi) is 4.01. The third-order valence-corrected chi connectivity index (χ3v) is 2.81. The molecule has 0 atom stereocenters. The van der Waals surface area contributed by atoms with E-state index < -0.39 is 0 Å². The van der Waals surface area contributed by atoms with Gasteiger partial charge in [0.2, 0.25) is 5.88 Å². The average Bonchev–Trinajstić information content (AvgIpc) is 2.49. The number of rotatable bonds is 4. The maximum atomic E-state index is 8.80. The van der Waals surface area contributed by atoms with Crippen LogP contribution in [0.15, 0.2) is 30.6 Å². The fourth-order valence-corrected chi connectivity index (χ4v) is 1.77. The van der Waals surface area contributed by atoms with E-state index in [0.717, 1.165) is 5.69 Å². The van der Waals surface area contributed by atoms with Crippen LogP contribution >= 0.6 is 0 Å². The van der Waals surface area contributed by atoms with Crippen LogP contribution in [0, 0.1) is 11.3 Å². The Hall–Kier alpha value is -2.81. The van der Waals surface area contributed by atoms with Crippen molar-refractivity contribution in [3.8, 4) is 11.9 Å². The van der Waals surface area contributed by atoms with E-state index in [2.05, 4.69) is 16.0 Å². The number of aromatic nitrogens is 2. The highest BCUT2D eigenvalue weighted by Crippen LogP contribution is 2.31. The molecule has 0 unspecified atom stereocenters. The van der Waals surface area contributed by atoms with E-state index in [9.17, 15) is 0 Å². The smallest absolute Gasteiger partial charge is 0.242 e. The van der Waals surface area contributed by atoms with Crippen molar-refractivity contribution >= 4 is 17.2 Å². The number of anilines is 3. The third-order valence-electron chi connectivity index (χ3n) is 2.81. The average molecular weight is 269 g/mol. The Balaban J connectivity index is 2.35. The maximum Gasteiger partial charge on any atom is 0.242 e. The minimum atomic E-state index is 0.373. The van der Waals surface area contributed by atoms with Crippen molar-refractivity contribution in [2.75, 3.05) is 24.3 Å². The molecule has 1 heterocycles. The highest BCUT2D eigenvalue weighted by Gasteiger charge is 2.14. The van der Waals surface area contributed by atoms with Crippen molar-refractivity contribution in [3.63, 3.8) is 0 Å². The van der Waals surface area contributed by atoms with Crippen LogP contribution in [0.4, 0.5) is 17.2 Å². The lowest BCUT2D eigenvalue weighted by atomic mass is 10.2. The molecule has 0 saturated heterocycles. The van der Waals surface area contributed by atoms with Crippen LogP contribution in [0.2, 0.25) is 0 Å². The standard InChI is InChI=1S/C14H15N5O/c1-3-20-14-12(16)13(17-9-18-14)19(2)11-6-4-10(8-15)5-7-11/h4-7,9H,3,16H2,1-2H3. The largest absolute Gasteiger partial charge is 0.476 e. The summed E-state index contributed by atoms with van der Waals surface area (Å²) in [5.41, 5.74) is 7.89. The van der Waals surface area contributed by atoms with Gasteiger partial charge in [-0.2, -0.15) is 10.2 Å². The summed E-state index contributed by atoms with van der Waals surface area (Å²) in [7, 11) is 1.84. The number of hydrogen-bond acceptors (Lipinski definition) is 6. The van der Waals surface area contributed by atoms with Gasteiger partial charge in [-0.1, -0.05) is 0 Å². The number of nitriles is 1. The van der Waals surface area contributed by atoms with E-state index in [4.69, 9.17) is 15.7 Å². The van der Waals surface area contributed by atoms with Gasteiger partial charge in [-0.3, -0.25) is 0 Å². The first-order valence-corrected chi connectivity index (χ1v) is 6.14. The Morgan fingerprint density at radius 2 is 2.00 bits per heavy atom. The van der Waals surface area contributed by atoms with Gasteiger partial charge >= 0.3 is 0 Å².